The molecule has 1 aliphatic carbocycles. The Balaban J connectivity index is 1.75. The fraction of sp³-hybridized carbons (Fsp3) is 0.556. The fourth-order valence-electron chi connectivity index (χ4n) is 2.98. The van der Waals surface area contributed by atoms with Crippen molar-refractivity contribution in [3.8, 4) is 0 Å². The highest BCUT2D eigenvalue weighted by Gasteiger charge is 2.29. The zero-order chi connectivity index (χ0) is 15.8. The maximum Gasteiger partial charge on any atom is 0.308 e. The highest BCUT2D eigenvalue weighted by molar-refractivity contribution is 5.73. The maximum atomic E-state index is 11.9. The molecule has 0 aromatic heterocycles. The number of esters is 2. The quantitative estimate of drug-likeness (QED) is 0.755. The third-order valence-electron chi connectivity index (χ3n) is 4.10. The Morgan fingerprint density at radius 2 is 1.91 bits per heavy atom. The highest BCUT2D eigenvalue weighted by atomic mass is 16.5. The van der Waals surface area contributed by atoms with E-state index in [9.17, 15) is 9.59 Å². The lowest BCUT2D eigenvalue weighted by Crippen LogP contribution is -2.26. The minimum atomic E-state index is -0.182. The number of rotatable bonds is 6. The molecule has 2 rings (SSSR count). The number of benzene rings is 1. The SMILES string of the molecule is CCOC(=O)[C@@H]1CCC[C@@H](CC(=O)OCc2ccccc2)C1. The summed E-state index contributed by atoms with van der Waals surface area (Å²) < 4.78 is 10.4. The van der Waals surface area contributed by atoms with Crippen LogP contribution in [0.25, 0.3) is 0 Å². The van der Waals surface area contributed by atoms with Gasteiger partial charge in [0.2, 0.25) is 0 Å². The lowest BCUT2D eigenvalue weighted by Gasteiger charge is -2.27. The van der Waals surface area contributed by atoms with Crippen LogP contribution in [0.1, 0.15) is 44.6 Å². The van der Waals surface area contributed by atoms with E-state index in [4.69, 9.17) is 9.47 Å². The van der Waals surface area contributed by atoms with Crippen molar-refractivity contribution in [3.05, 3.63) is 35.9 Å². The molecule has 0 bridgehead atoms. The van der Waals surface area contributed by atoms with Crippen LogP contribution >= 0.6 is 0 Å². The average Bonchev–Trinajstić information content (AvgIpc) is 2.54. The summed E-state index contributed by atoms with van der Waals surface area (Å²) in [4.78, 5) is 23.8. The van der Waals surface area contributed by atoms with Gasteiger partial charge in [0.25, 0.3) is 0 Å². The minimum Gasteiger partial charge on any atom is -0.466 e. The number of ether oxygens (including phenoxy) is 2. The Morgan fingerprint density at radius 3 is 2.64 bits per heavy atom. The molecule has 0 amide bonds. The van der Waals surface area contributed by atoms with Gasteiger partial charge in [-0.2, -0.15) is 0 Å². The summed E-state index contributed by atoms with van der Waals surface area (Å²) in [6, 6.07) is 9.65. The van der Waals surface area contributed by atoms with Gasteiger partial charge in [-0.3, -0.25) is 9.59 Å². The number of carbonyl (C=O) groups excluding carboxylic acids is 2. The smallest absolute Gasteiger partial charge is 0.308 e. The van der Waals surface area contributed by atoms with Crippen molar-refractivity contribution >= 4 is 11.9 Å². The third kappa shape index (κ3) is 5.17. The van der Waals surface area contributed by atoms with Gasteiger partial charge >= 0.3 is 11.9 Å². The van der Waals surface area contributed by atoms with Crippen LogP contribution in [0.15, 0.2) is 30.3 Å². The maximum absolute atomic E-state index is 11.9. The van der Waals surface area contributed by atoms with E-state index in [0.29, 0.717) is 19.6 Å². The molecule has 1 saturated carbocycles. The van der Waals surface area contributed by atoms with Crippen molar-refractivity contribution in [2.24, 2.45) is 11.8 Å². The van der Waals surface area contributed by atoms with Crippen LogP contribution in [0.5, 0.6) is 0 Å². The molecule has 22 heavy (non-hydrogen) atoms. The molecule has 2 atom stereocenters. The number of carbonyl (C=O) groups is 2. The molecule has 0 radical (unpaired) electrons. The Morgan fingerprint density at radius 1 is 1.14 bits per heavy atom. The predicted molar refractivity (Wildman–Crippen MR) is 82.9 cm³/mol. The van der Waals surface area contributed by atoms with Gasteiger partial charge in [-0.15, -0.1) is 0 Å². The Bertz CT molecular complexity index is 483. The monoisotopic (exact) mass is 304 g/mol. The molecule has 0 unspecified atom stereocenters. The van der Waals surface area contributed by atoms with E-state index in [1.165, 1.54) is 0 Å². The van der Waals surface area contributed by atoms with Crippen molar-refractivity contribution in [2.75, 3.05) is 6.61 Å². The van der Waals surface area contributed by atoms with Crippen molar-refractivity contribution in [2.45, 2.75) is 45.6 Å². The molecule has 4 nitrogen and oxygen atoms in total. The summed E-state index contributed by atoms with van der Waals surface area (Å²) in [7, 11) is 0. The molecule has 0 spiro atoms. The first-order valence-corrected chi connectivity index (χ1v) is 8.05. The van der Waals surface area contributed by atoms with Crippen LogP contribution in [-0.4, -0.2) is 18.5 Å². The second-order valence-corrected chi connectivity index (χ2v) is 5.83. The van der Waals surface area contributed by atoms with Crippen LogP contribution in [0, 0.1) is 11.8 Å². The first-order valence-electron chi connectivity index (χ1n) is 8.05. The van der Waals surface area contributed by atoms with E-state index >= 15 is 0 Å². The normalized spacial score (nSPS) is 21.1. The van der Waals surface area contributed by atoms with Gasteiger partial charge in [0.15, 0.2) is 0 Å². The summed E-state index contributed by atoms with van der Waals surface area (Å²) in [5.74, 6) is -0.129. The van der Waals surface area contributed by atoms with Gasteiger partial charge in [-0.25, -0.2) is 0 Å². The van der Waals surface area contributed by atoms with Gasteiger partial charge in [0.05, 0.1) is 12.5 Å². The van der Waals surface area contributed by atoms with E-state index in [-0.39, 0.29) is 23.8 Å². The largest absolute Gasteiger partial charge is 0.466 e. The minimum absolute atomic E-state index is 0.0550. The molecule has 0 N–H and O–H groups in total. The van der Waals surface area contributed by atoms with Crippen LogP contribution in [-0.2, 0) is 25.7 Å². The Hall–Kier alpha value is -1.84. The molecular formula is C18H24O4. The molecular weight excluding hydrogens is 280 g/mol. The van der Waals surface area contributed by atoms with E-state index in [0.717, 1.165) is 31.2 Å². The number of hydrogen-bond acceptors (Lipinski definition) is 4. The molecule has 1 aliphatic rings. The van der Waals surface area contributed by atoms with Gasteiger partial charge in [0.1, 0.15) is 6.61 Å². The Labute approximate surface area is 131 Å². The zero-order valence-corrected chi connectivity index (χ0v) is 13.1. The molecule has 0 heterocycles. The molecule has 0 saturated heterocycles. The fourth-order valence-corrected chi connectivity index (χ4v) is 2.98. The van der Waals surface area contributed by atoms with E-state index in [2.05, 4.69) is 0 Å². The van der Waals surface area contributed by atoms with Crippen molar-refractivity contribution in [1.29, 1.82) is 0 Å². The summed E-state index contributed by atoms with van der Waals surface area (Å²) >= 11 is 0. The van der Waals surface area contributed by atoms with Crippen LogP contribution in [0.3, 0.4) is 0 Å². The molecule has 1 fully saturated rings. The molecule has 1 aromatic carbocycles. The lowest BCUT2D eigenvalue weighted by atomic mass is 9.80. The van der Waals surface area contributed by atoms with Crippen molar-refractivity contribution in [1.82, 2.24) is 0 Å². The molecule has 0 aliphatic heterocycles. The van der Waals surface area contributed by atoms with Crippen LogP contribution < -0.4 is 0 Å². The summed E-state index contributed by atoms with van der Waals surface area (Å²) in [5.41, 5.74) is 0.990. The van der Waals surface area contributed by atoms with Crippen LogP contribution in [0.2, 0.25) is 0 Å². The summed E-state index contributed by atoms with van der Waals surface area (Å²) in [6.07, 6.45) is 3.95. The Kier molecular flexibility index (Phi) is 6.44. The van der Waals surface area contributed by atoms with Gasteiger partial charge in [0, 0.05) is 6.42 Å². The van der Waals surface area contributed by atoms with Gasteiger partial charge in [-0.05, 0) is 37.7 Å². The van der Waals surface area contributed by atoms with E-state index < -0.39 is 0 Å². The highest BCUT2D eigenvalue weighted by Crippen LogP contribution is 2.32. The first-order chi connectivity index (χ1) is 10.7. The first kappa shape index (κ1) is 16.5. The summed E-state index contributed by atoms with van der Waals surface area (Å²) in [5, 5.41) is 0. The molecule has 4 heteroatoms. The third-order valence-corrected chi connectivity index (χ3v) is 4.10. The van der Waals surface area contributed by atoms with E-state index in [1.54, 1.807) is 0 Å². The average molecular weight is 304 g/mol. The molecule has 1 aromatic rings. The topological polar surface area (TPSA) is 52.6 Å². The number of hydrogen-bond donors (Lipinski definition) is 0. The molecule has 120 valence electrons. The lowest BCUT2D eigenvalue weighted by molar-refractivity contribution is -0.152. The van der Waals surface area contributed by atoms with Gasteiger partial charge < -0.3 is 9.47 Å². The van der Waals surface area contributed by atoms with Crippen LogP contribution in [0.4, 0.5) is 0 Å². The van der Waals surface area contributed by atoms with Gasteiger partial charge in [-0.1, -0.05) is 36.8 Å². The van der Waals surface area contributed by atoms with Crippen molar-refractivity contribution < 1.29 is 19.1 Å². The zero-order valence-electron chi connectivity index (χ0n) is 13.1. The standard InChI is InChI=1S/C18H24O4/c1-2-21-18(20)16-10-6-9-15(11-16)12-17(19)22-13-14-7-4-3-5-8-14/h3-5,7-8,15-16H,2,6,9-13H2,1H3/t15-,16-/m1/s1. The van der Waals surface area contributed by atoms with E-state index in [1.807, 2.05) is 37.3 Å². The second kappa shape index (κ2) is 8.57. The van der Waals surface area contributed by atoms with Crippen molar-refractivity contribution in [3.63, 3.8) is 0 Å². The summed E-state index contributed by atoms with van der Waals surface area (Å²) in [6.45, 7) is 2.55. The second-order valence-electron chi connectivity index (χ2n) is 5.83. The predicted octanol–water partition coefficient (Wildman–Crippen LogP) is 3.49.